The molecule has 1 amide bonds. The third-order valence-corrected chi connectivity index (χ3v) is 3.57. The van der Waals surface area contributed by atoms with Crippen LogP contribution in [0.5, 0.6) is 0 Å². The number of carbonyl (C=O) groups is 1. The number of nitrogens with zero attached hydrogens (tertiary/aromatic N) is 1. The van der Waals surface area contributed by atoms with E-state index in [1.807, 2.05) is 6.92 Å². The van der Waals surface area contributed by atoms with Crippen molar-refractivity contribution >= 4 is 17.5 Å². The summed E-state index contributed by atoms with van der Waals surface area (Å²) in [4.78, 5) is 13.2. The first-order chi connectivity index (χ1) is 7.36. The molecule has 1 saturated heterocycles. The number of hydrogen-bond acceptors (Lipinski definition) is 1. The zero-order chi connectivity index (χ0) is 12.3. The van der Waals surface area contributed by atoms with E-state index in [-0.39, 0.29) is 12.5 Å². The van der Waals surface area contributed by atoms with Crippen molar-refractivity contribution in [3.05, 3.63) is 0 Å². The van der Waals surface area contributed by atoms with Gasteiger partial charge in [0.2, 0.25) is 11.8 Å². The van der Waals surface area contributed by atoms with Gasteiger partial charge in [-0.15, -0.1) is 11.6 Å². The van der Waals surface area contributed by atoms with Crippen LogP contribution in [-0.2, 0) is 4.79 Å². The Morgan fingerprint density at radius 2 is 2.25 bits per heavy atom. The summed E-state index contributed by atoms with van der Waals surface area (Å²) in [5, 5.41) is -0.579. The van der Waals surface area contributed by atoms with Crippen LogP contribution in [0.3, 0.4) is 0 Å². The summed E-state index contributed by atoms with van der Waals surface area (Å²) in [6.45, 7) is 3.41. The number of rotatable bonds is 3. The van der Waals surface area contributed by atoms with E-state index in [1.165, 1.54) is 4.90 Å². The predicted octanol–water partition coefficient (Wildman–Crippen LogP) is 2.90. The van der Waals surface area contributed by atoms with Crippen molar-refractivity contribution in [1.29, 1.82) is 0 Å². The molecule has 0 saturated carbocycles. The number of hydrogen-bond donors (Lipinski definition) is 0. The van der Waals surface area contributed by atoms with Crippen molar-refractivity contribution in [2.24, 2.45) is 5.92 Å². The van der Waals surface area contributed by atoms with Gasteiger partial charge in [0.25, 0.3) is 0 Å². The van der Waals surface area contributed by atoms with Crippen LogP contribution in [0.2, 0.25) is 0 Å². The van der Waals surface area contributed by atoms with Crippen LogP contribution < -0.4 is 0 Å². The molecule has 1 heterocycles. The summed E-state index contributed by atoms with van der Waals surface area (Å²) in [7, 11) is 0. The second-order valence-electron chi connectivity index (χ2n) is 4.46. The number of carbonyl (C=O) groups excluding carboxylic acids is 1. The molecule has 0 bridgehead atoms. The van der Waals surface area contributed by atoms with E-state index in [1.54, 1.807) is 0 Å². The highest BCUT2D eigenvalue weighted by Crippen LogP contribution is 2.31. The summed E-state index contributed by atoms with van der Waals surface area (Å²) in [6, 6.07) is 0. The topological polar surface area (TPSA) is 20.3 Å². The molecule has 1 aliphatic heterocycles. The second kappa shape index (κ2) is 5.30. The molecular weight excluding hydrogens is 236 g/mol. The summed E-state index contributed by atoms with van der Waals surface area (Å²) in [6.07, 6.45) is 1.64. The maximum Gasteiger partial charge on any atom is 0.249 e. The predicted molar refractivity (Wildman–Crippen MR) is 59.9 cm³/mol. The van der Waals surface area contributed by atoms with Gasteiger partial charge in [-0.25, -0.2) is 8.78 Å². The lowest BCUT2D eigenvalue weighted by molar-refractivity contribution is -0.136. The molecule has 5 heteroatoms. The molecule has 1 aliphatic rings. The molecule has 0 N–H and O–H groups in total. The maximum absolute atomic E-state index is 13.2. The first kappa shape index (κ1) is 13.7. The van der Waals surface area contributed by atoms with Crippen molar-refractivity contribution in [2.45, 2.75) is 44.4 Å². The lowest BCUT2D eigenvalue weighted by Gasteiger charge is -2.36. The number of piperidine rings is 1. The molecule has 1 fully saturated rings. The Labute approximate surface area is 99.9 Å². The minimum absolute atomic E-state index is 0.131. The van der Waals surface area contributed by atoms with E-state index < -0.39 is 17.2 Å². The number of alkyl halides is 3. The second-order valence-corrected chi connectivity index (χ2v) is 4.98. The van der Waals surface area contributed by atoms with Crippen LogP contribution in [-0.4, -0.2) is 35.2 Å². The van der Waals surface area contributed by atoms with Crippen molar-refractivity contribution in [3.63, 3.8) is 0 Å². The smallest absolute Gasteiger partial charge is 0.249 e. The molecular formula is C11H18ClF2NO. The lowest BCUT2D eigenvalue weighted by Crippen LogP contribution is -2.47. The summed E-state index contributed by atoms with van der Waals surface area (Å²) in [5.41, 5.74) is 0. The van der Waals surface area contributed by atoms with E-state index in [9.17, 15) is 13.6 Å². The first-order valence-electron chi connectivity index (χ1n) is 5.67. The number of halogens is 3. The minimum Gasteiger partial charge on any atom is -0.341 e. The minimum atomic E-state index is -2.72. The van der Waals surface area contributed by atoms with E-state index in [0.717, 1.165) is 6.92 Å². The molecule has 0 aromatic heterocycles. The van der Waals surface area contributed by atoms with Crippen LogP contribution in [0.25, 0.3) is 0 Å². The van der Waals surface area contributed by atoms with Crippen molar-refractivity contribution in [2.75, 3.05) is 13.1 Å². The summed E-state index contributed by atoms with van der Waals surface area (Å²) >= 11 is 5.83. The Morgan fingerprint density at radius 3 is 2.75 bits per heavy atom. The molecule has 2 nitrogen and oxygen atoms in total. The highest BCUT2D eigenvalue weighted by molar-refractivity contribution is 6.30. The Morgan fingerprint density at radius 1 is 1.62 bits per heavy atom. The van der Waals surface area contributed by atoms with Gasteiger partial charge >= 0.3 is 0 Å². The Kier molecular flexibility index (Phi) is 4.53. The molecule has 1 rings (SSSR count). The van der Waals surface area contributed by atoms with Crippen molar-refractivity contribution in [1.82, 2.24) is 4.90 Å². The number of amides is 1. The molecule has 2 atom stereocenters. The molecule has 0 aromatic rings. The number of likely N-dealkylation sites (tertiary alicyclic amines) is 1. The largest absolute Gasteiger partial charge is 0.341 e. The average Bonchev–Trinajstić information content (AvgIpc) is 2.26. The van der Waals surface area contributed by atoms with Crippen LogP contribution in [0.15, 0.2) is 0 Å². The third-order valence-electron chi connectivity index (χ3n) is 3.08. The first-order valence-corrected chi connectivity index (χ1v) is 6.10. The Hall–Kier alpha value is -0.380. The zero-order valence-corrected chi connectivity index (χ0v) is 10.4. The van der Waals surface area contributed by atoms with Crippen LogP contribution >= 0.6 is 11.6 Å². The fraction of sp³-hybridized carbons (Fsp3) is 0.909. The lowest BCUT2D eigenvalue weighted by atomic mass is 9.92. The van der Waals surface area contributed by atoms with Gasteiger partial charge in [0, 0.05) is 19.0 Å². The fourth-order valence-corrected chi connectivity index (χ4v) is 2.10. The van der Waals surface area contributed by atoms with Gasteiger partial charge in [-0.2, -0.15) is 0 Å². The monoisotopic (exact) mass is 253 g/mol. The van der Waals surface area contributed by atoms with Gasteiger partial charge in [0.1, 0.15) is 5.38 Å². The summed E-state index contributed by atoms with van der Waals surface area (Å²) < 4.78 is 26.3. The van der Waals surface area contributed by atoms with Crippen molar-refractivity contribution < 1.29 is 13.6 Å². The standard InChI is InChI=1S/C11H18ClF2NO/c1-3-9(12)10(16)15-6-4-5-8(7-15)11(2,13)14/h8-9H,3-7H2,1-2H3. The van der Waals surface area contributed by atoms with E-state index >= 15 is 0 Å². The highest BCUT2D eigenvalue weighted by atomic mass is 35.5. The van der Waals surface area contributed by atoms with Crippen molar-refractivity contribution in [3.8, 4) is 0 Å². The van der Waals surface area contributed by atoms with Crippen LogP contribution in [0.4, 0.5) is 8.78 Å². The molecule has 0 radical (unpaired) electrons. The SMILES string of the molecule is CCC(Cl)C(=O)N1CCCC(C(C)(F)F)C1. The normalized spacial score (nSPS) is 24.3. The Bertz CT molecular complexity index is 255. The quantitative estimate of drug-likeness (QED) is 0.709. The highest BCUT2D eigenvalue weighted by Gasteiger charge is 2.38. The summed E-state index contributed by atoms with van der Waals surface area (Å²) in [5.74, 6) is -3.66. The third kappa shape index (κ3) is 3.30. The van der Waals surface area contributed by atoms with Gasteiger partial charge < -0.3 is 4.90 Å². The van der Waals surface area contributed by atoms with E-state index in [2.05, 4.69) is 0 Å². The Balaban J connectivity index is 2.60. The van der Waals surface area contributed by atoms with Gasteiger partial charge in [-0.05, 0) is 26.2 Å². The zero-order valence-electron chi connectivity index (χ0n) is 9.68. The molecule has 0 aromatic carbocycles. The van der Waals surface area contributed by atoms with Crippen LogP contribution in [0, 0.1) is 5.92 Å². The van der Waals surface area contributed by atoms with Gasteiger partial charge in [-0.3, -0.25) is 4.79 Å². The average molecular weight is 254 g/mol. The fourth-order valence-electron chi connectivity index (χ4n) is 1.96. The molecule has 0 aliphatic carbocycles. The molecule has 2 unspecified atom stereocenters. The molecule has 16 heavy (non-hydrogen) atoms. The van der Waals surface area contributed by atoms with Gasteiger partial charge in [0.05, 0.1) is 0 Å². The van der Waals surface area contributed by atoms with Gasteiger partial charge in [-0.1, -0.05) is 6.92 Å². The van der Waals surface area contributed by atoms with Crippen LogP contribution in [0.1, 0.15) is 33.1 Å². The maximum atomic E-state index is 13.2. The van der Waals surface area contributed by atoms with E-state index in [4.69, 9.17) is 11.6 Å². The molecule has 94 valence electrons. The molecule has 0 spiro atoms. The van der Waals surface area contributed by atoms with E-state index in [0.29, 0.717) is 25.8 Å². The van der Waals surface area contributed by atoms with Gasteiger partial charge in [0.15, 0.2) is 0 Å².